The Kier molecular flexibility index (Phi) is 12.0. The molecule has 1 rings (SSSR count). The Balaban J connectivity index is 1.96. The lowest BCUT2D eigenvalue weighted by atomic mass is 10.1. The molecule has 0 bridgehead atoms. The van der Waals surface area contributed by atoms with Crippen molar-refractivity contribution in [2.24, 2.45) is 5.11 Å². The molecule has 0 aromatic carbocycles. The van der Waals surface area contributed by atoms with E-state index in [2.05, 4.69) is 20.2 Å². The highest BCUT2D eigenvalue weighted by Gasteiger charge is 2.30. The molecule has 0 aromatic rings. The van der Waals surface area contributed by atoms with Crippen LogP contribution < -0.4 is 5.32 Å². The average Bonchev–Trinajstić information content (AvgIpc) is 3.07. The molecule has 1 heterocycles. The van der Waals surface area contributed by atoms with Crippen LogP contribution in [0.15, 0.2) is 5.11 Å². The third-order valence-corrected chi connectivity index (χ3v) is 3.99. The predicted molar refractivity (Wildman–Crippen MR) is 98.0 cm³/mol. The van der Waals surface area contributed by atoms with E-state index in [1.165, 1.54) is 0 Å². The van der Waals surface area contributed by atoms with E-state index in [-0.39, 0.29) is 18.0 Å². The molecule has 150 valence electrons. The number of rotatable bonds is 14. The number of hydrogen-bond donors (Lipinski definition) is 1. The molecule has 1 aliphatic heterocycles. The second kappa shape index (κ2) is 13.7. The summed E-state index contributed by atoms with van der Waals surface area (Å²) in [5, 5.41) is 6.73. The zero-order chi connectivity index (χ0) is 19.2. The normalized spacial score (nSPS) is 19.5. The first-order valence-corrected chi connectivity index (χ1v) is 8.95. The largest absolute Gasteiger partial charge is 0.378 e. The van der Waals surface area contributed by atoms with Gasteiger partial charge < -0.3 is 29.3 Å². The Morgan fingerprint density at radius 3 is 2.23 bits per heavy atom. The molecular formula is C16H32N6O4. The first kappa shape index (κ1) is 22.6. The van der Waals surface area contributed by atoms with Crippen molar-refractivity contribution in [3.05, 3.63) is 10.4 Å². The van der Waals surface area contributed by atoms with Crippen molar-refractivity contribution in [1.82, 2.24) is 15.1 Å². The van der Waals surface area contributed by atoms with Crippen molar-refractivity contribution in [2.75, 3.05) is 80.4 Å². The molecule has 26 heavy (non-hydrogen) atoms. The minimum absolute atomic E-state index is 0.00429. The molecule has 1 N–H and O–H groups in total. The molecule has 2 atom stereocenters. The number of hydrogen-bond acceptors (Lipinski definition) is 7. The van der Waals surface area contributed by atoms with Crippen molar-refractivity contribution in [3.63, 3.8) is 0 Å². The summed E-state index contributed by atoms with van der Waals surface area (Å²) >= 11 is 0. The van der Waals surface area contributed by atoms with Gasteiger partial charge in [0, 0.05) is 31.6 Å². The molecule has 0 aliphatic carbocycles. The summed E-state index contributed by atoms with van der Waals surface area (Å²) < 4.78 is 16.3. The molecule has 1 amide bonds. The highest BCUT2D eigenvalue weighted by Crippen LogP contribution is 2.12. The van der Waals surface area contributed by atoms with Gasteiger partial charge in [0.05, 0.1) is 51.7 Å². The predicted octanol–water partition coefficient (Wildman–Crippen LogP) is 0.0970. The number of carbonyl (C=O) groups excluding carboxylic acids is 1. The SMILES string of the molecule is CN(C)CCOCCOCCOCCN(C)C(=O)[C@@H]1CC(N=[N+]=[N-])CN1. The van der Waals surface area contributed by atoms with Crippen molar-refractivity contribution in [1.29, 1.82) is 0 Å². The molecule has 1 saturated heterocycles. The molecule has 1 unspecified atom stereocenters. The lowest BCUT2D eigenvalue weighted by molar-refractivity contribution is -0.132. The van der Waals surface area contributed by atoms with E-state index in [9.17, 15) is 4.79 Å². The fourth-order valence-corrected chi connectivity index (χ4v) is 2.43. The lowest BCUT2D eigenvalue weighted by Gasteiger charge is -2.21. The topological polar surface area (TPSA) is 112 Å². The van der Waals surface area contributed by atoms with E-state index >= 15 is 0 Å². The zero-order valence-corrected chi connectivity index (χ0v) is 16.1. The summed E-state index contributed by atoms with van der Waals surface area (Å²) in [5.41, 5.74) is 8.44. The quantitative estimate of drug-likeness (QED) is 0.200. The molecular weight excluding hydrogens is 340 g/mol. The summed E-state index contributed by atoms with van der Waals surface area (Å²) in [5.74, 6) is -0.00429. The van der Waals surface area contributed by atoms with Gasteiger partial charge in [0.2, 0.25) is 5.91 Å². The van der Waals surface area contributed by atoms with Crippen LogP contribution in [0.1, 0.15) is 6.42 Å². The summed E-state index contributed by atoms with van der Waals surface area (Å²) in [6, 6.07) is -0.436. The maximum Gasteiger partial charge on any atom is 0.239 e. The highest BCUT2D eigenvalue weighted by molar-refractivity contribution is 5.82. The summed E-state index contributed by atoms with van der Waals surface area (Å²) in [4.78, 5) is 18.7. The Hall–Kier alpha value is -1.42. The molecule has 10 heteroatoms. The van der Waals surface area contributed by atoms with E-state index < -0.39 is 0 Å². The van der Waals surface area contributed by atoms with Crippen LogP contribution in [0.3, 0.4) is 0 Å². The van der Waals surface area contributed by atoms with Crippen LogP contribution in [0, 0.1) is 0 Å². The van der Waals surface area contributed by atoms with Crippen LogP contribution in [0.25, 0.3) is 10.4 Å². The highest BCUT2D eigenvalue weighted by atomic mass is 16.5. The van der Waals surface area contributed by atoms with Gasteiger partial charge in [-0.2, -0.15) is 0 Å². The summed E-state index contributed by atoms with van der Waals surface area (Å²) in [6.45, 7) is 5.23. The van der Waals surface area contributed by atoms with E-state index in [4.69, 9.17) is 19.7 Å². The Bertz CT molecular complexity index is 444. The standard InChI is InChI=1S/C16H32N6O4/c1-21(2)4-6-24-8-10-26-11-9-25-7-5-22(3)16(23)15-12-14(13-18-15)19-20-17/h14-15,18H,4-13H2,1-3H3/t14?,15-/m0/s1. The fraction of sp³-hybridized carbons (Fsp3) is 0.938. The lowest BCUT2D eigenvalue weighted by Crippen LogP contribution is -2.42. The molecule has 0 spiro atoms. The number of carbonyl (C=O) groups is 1. The summed E-state index contributed by atoms with van der Waals surface area (Å²) in [6.07, 6.45) is 0.540. The number of amides is 1. The van der Waals surface area contributed by atoms with Crippen molar-refractivity contribution in [2.45, 2.75) is 18.5 Å². The van der Waals surface area contributed by atoms with Crippen LogP contribution >= 0.6 is 0 Å². The van der Waals surface area contributed by atoms with E-state index in [1.54, 1.807) is 11.9 Å². The van der Waals surface area contributed by atoms with E-state index in [0.717, 1.165) is 6.54 Å². The number of azide groups is 1. The maximum atomic E-state index is 12.3. The summed E-state index contributed by atoms with van der Waals surface area (Å²) in [7, 11) is 5.76. The number of likely N-dealkylation sites (N-methyl/N-ethyl adjacent to an activating group) is 2. The van der Waals surface area contributed by atoms with Gasteiger partial charge in [-0.25, -0.2) is 0 Å². The van der Waals surface area contributed by atoms with Crippen molar-refractivity contribution in [3.8, 4) is 0 Å². The van der Waals surface area contributed by atoms with Crippen LogP contribution in [0.5, 0.6) is 0 Å². The minimum atomic E-state index is -0.286. The van der Waals surface area contributed by atoms with Gasteiger partial charge in [0.25, 0.3) is 0 Å². The van der Waals surface area contributed by atoms with E-state index in [0.29, 0.717) is 59.2 Å². The second-order valence-electron chi connectivity index (χ2n) is 6.46. The monoisotopic (exact) mass is 372 g/mol. The van der Waals surface area contributed by atoms with Gasteiger partial charge >= 0.3 is 0 Å². The third-order valence-electron chi connectivity index (χ3n) is 3.99. The van der Waals surface area contributed by atoms with Gasteiger partial charge in [-0.15, -0.1) is 0 Å². The second-order valence-corrected chi connectivity index (χ2v) is 6.46. The first-order valence-electron chi connectivity index (χ1n) is 8.95. The average molecular weight is 372 g/mol. The molecule has 1 aliphatic rings. The smallest absolute Gasteiger partial charge is 0.239 e. The number of nitrogens with zero attached hydrogens (tertiary/aromatic N) is 5. The van der Waals surface area contributed by atoms with Gasteiger partial charge in [-0.3, -0.25) is 4.79 Å². The molecule has 1 fully saturated rings. The number of nitrogens with one attached hydrogen (secondary N) is 1. The Labute approximate surface area is 155 Å². The van der Waals surface area contributed by atoms with Crippen LogP contribution in [-0.2, 0) is 19.0 Å². The van der Waals surface area contributed by atoms with Gasteiger partial charge in [-0.05, 0) is 26.0 Å². The molecule has 0 radical (unpaired) electrons. The Morgan fingerprint density at radius 1 is 1.08 bits per heavy atom. The van der Waals surface area contributed by atoms with Crippen LogP contribution in [-0.4, -0.2) is 108 Å². The minimum Gasteiger partial charge on any atom is -0.378 e. The van der Waals surface area contributed by atoms with Crippen LogP contribution in [0.4, 0.5) is 0 Å². The number of ether oxygens (including phenoxy) is 3. The van der Waals surface area contributed by atoms with Crippen molar-refractivity contribution >= 4 is 5.91 Å². The van der Waals surface area contributed by atoms with Gasteiger partial charge in [0.15, 0.2) is 0 Å². The van der Waals surface area contributed by atoms with Crippen LogP contribution in [0.2, 0.25) is 0 Å². The molecule has 10 nitrogen and oxygen atoms in total. The van der Waals surface area contributed by atoms with E-state index in [1.807, 2.05) is 14.1 Å². The fourth-order valence-electron chi connectivity index (χ4n) is 2.43. The third kappa shape index (κ3) is 9.91. The molecule has 0 saturated carbocycles. The van der Waals surface area contributed by atoms with Gasteiger partial charge in [-0.1, -0.05) is 5.11 Å². The first-order chi connectivity index (χ1) is 12.5. The Morgan fingerprint density at radius 2 is 1.65 bits per heavy atom. The maximum absolute atomic E-state index is 12.3. The molecule has 0 aromatic heterocycles. The van der Waals surface area contributed by atoms with Crippen molar-refractivity contribution < 1.29 is 19.0 Å². The van der Waals surface area contributed by atoms with Gasteiger partial charge in [0.1, 0.15) is 0 Å². The zero-order valence-electron chi connectivity index (χ0n) is 16.1.